The Bertz CT molecular complexity index is 932. The van der Waals surface area contributed by atoms with E-state index in [0.717, 1.165) is 6.42 Å². The van der Waals surface area contributed by atoms with Gasteiger partial charge in [-0.05, 0) is 42.3 Å². The molecule has 0 aliphatic heterocycles. The molecular weight excluding hydrogens is 266 g/mol. The zero-order valence-corrected chi connectivity index (χ0v) is 12.8. The van der Waals surface area contributed by atoms with E-state index in [1.54, 1.807) is 0 Å². The first-order valence-corrected chi connectivity index (χ1v) is 7.96. The first-order chi connectivity index (χ1) is 10.9. The zero-order valence-electron chi connectivity index (χ0n) is 12.8. The molecule has 0 saturated heterocycles. The van der Waals surface area contributed by atoms with E-state index in [4.69, 9.17) is 0 Å². The van der Waals surface area contributed by atoms with Gasteiger partial charge >= 0.3 is 0 Å². The first kappa shape index (κ1) is 13.1. The van der Waals surface area contributed by atoms with Gasteiger partial charge in [-0.25, -0.2) is 0 Å². The minimum absolute atomic E-state index is 1.14. The van der Waals surface area contributed by atoms with Crippen LogP contribution in [0.25, 0.3) is 27.5 Å². The van der Waals surface area contributed by atoms with Crippen molar-refractivity contribution in [2.24, 2.45) is 0 Å². The van der Waals surface area contributed by atoms with Crippen LogP contribution in [-0.4, -0.2) is 4.57 Å². The molecule has 0 saturated carbocycles. The van der Waals surface area contributed by atoms with Crippen LogP contribution in [0.15, 0.2) is 72.8 Å². The fraction of sp³-hybridized carbons (Fsp3) is 0.143. The van der Waals surface area contributed by atoms with Gasteiger partial charge in [0.15, 0.2) is 0 Å². The van der Waals surface area contributed by atoms with Gasteiger partial charge in [-0.15, -0.1) is 0 Å². The van der Waals surface area contributed by atoms with Crippen LogP contribution >= 0.6 is 0 Å². The molecule has 22 heavy (non-hydrogen) atoms. The number of aromatic nitrogens is 1. The van der Waals surface area contributed by atoms with Gasteiger partial charge in [0, 0.05) is 16.5 Å². The predicted molar refractivity (Wildman–Crippen MR) is 94.8 cm³/mol. The average Bonchev–Trinajstić information content (AvgIpc) is 2.90. The van der Waals surface area contributed by atoms with E-state index in [0.29, 0.717) is 0 Å². The molecule has 1 aromatic heterocycles. The summed E-state index contributed by atoms with van der Waals surface area (Å²) in [6.07, 6.45) is 2.32. The van der Waals surface area contributed by atoms with Crippen molar-refractivity contribution in [2.75, 3.05) is 0 Å². The second kappa shape index (κ2) is 5.34. The third kappa shape index (κ3) is 2.01. The first-order valence-electron chi connectivity index (χ1n) is 7.96. The van der Waals surface area contributed by atoms with Gasteiger partial charge in [0.05, 0.1) is 11.0 Å². The summed E-state index contributed by atoms with van der Waals surface area (Å²) in [6, 6.07) is 26.2. The molecule has 0 atom stereocenters. The molecule has 0 aliphatic rings. The molecule has 3 aromatic carbocycles. The van der Waals surface area contributed by atoms with Gasteiger partial charge in [0.25, 0.3) is 0 Å². The van der Waals surface area contributed by atoms with Crippen LogP contribution in [0.4, 0.5) is 0 Å². The summed E-state index contributed by atoms with van der Waals surface area (Å²) in [7, 11) is 0. The molecule has 108 valence electrons. The molecule has 1 heteroatoms. The van der Waals surface area contributed by atoms with Gasteiger partial charge in [-0.1, -0.05) is 55.8 Å². The van der Waals surface area contributed by atoms with Crippen LogP contribution in [0.1, 0.15) is 18.9 Å². The summed E-state index contributed by atoms with van der Waals surface area (Å²) in [5.41, 5.74) is 5.20. The molecule has 0 fully saturated rings. The van der Waals surface area contributed by atoms with Crippen LogP contribution in [0.2, 0.25) is 0 Å². The summed E-state index contributed by atoms with van der Waals surface area (Å²) in [6.45, 7) is 2.23. The number of rotatable bonds is 3. The molecular formula is C21H19N. The Kier molecular flexibility index (Phi) is 3.19. The fourth-order valence-corrected chi connectivity index (χ4v) is 3.32. The number of nitrogens with zero attached hydrogens (tertiary/aromatic N) is 1. The average molecular weight is 285 g/mol. The summed E-state index contributed by atoms with van der Waals surface area (Å²) < 4.78 is 2.36. The predicted octanol–water partition coefficient (Wildman–Crippen LogP) is 5.74. The van der Waals surface area contributed by atoms with Crippen molar-refractivity contribution in [3.8, 4) is 5.69 Å². The van der Waals surface area contributed by atoms with Crippen molar-refractivity contribution >= 4 is 21.8 Å². The van der Waals surface area contributed by atoms with Gasteiger partial charge in [-0.2, -0.15) is 0 Å². The van der Waals surface area contributed by atoms with E-state index in [9.17, 15) is 0 Å². The maximum absolute atomic E-state index is 2.36. The van der Waals surface area contributed by atoms with Crippen LogP contribution in [-0.2, 0) is 6.42 Å². The molecule has 0 aliphatic carbocycles. The lowest BCUT2D eigenvalue weighted by molar-refractivity contribution is 0.923. The Morgan fingerprint density at radius 3 is 2.27 bits per heavy atom. The van der Waals surface area contributed by atoms with Gasteiger partial charge in [0.2, 0.25) is 0 Å². The van der Waals surface area contributed by atoms with E-state index in [-0.39, 0.29) is 0 Å². The number of fused-ring (bicyclic) bond motifs is 3. The number of hydrogen-bond acceptors (Lipinski definition) is 0. The largest absolute Gasteiger partial charge is 0.309 e. The van der Waals surface area contributed by atoms with Gasteiger partial charge in [-0.3, -0.25) is 0 Å². The lowest BCUT2D eigenvalue weighted by Crippen LogP contribution is -1.93. The Hall–Kier alpha value is -2.54. The third-order valence-electron chi connectivity index (χ3n) is 4.29. The number of hydrogen-bond donors (Lipinski definition) is 0. The molecule has 0 bridgehead atoms. The Morgan fingerprint density at radius 2 is 1.45 bits per heavy atom. The van der Waals surface area contributed by atoms with Crippen LogP contribution in [0.3, 0.4) is 0 Å². The van der Waals surface area contributed by atoms with Crippen LogP contribution in [0.5, 0.6) is 0 Å². The molecule has 4 rings (SSSR count). The number of para-hydroxylation sites is 2. The normalized spacial score (nSPS) is 11.3. The Morgan fingerprint density at radius 1 is 0.727 bits per heavy atom. The van der Waals surface area contributed by atoms with E-state index in [1.807, 2.05) is 0 Å². The minimum atomic E-state index is 1.14. The monoisotopic (exact) mass is 285 g/mol. The molecule has 4 aromatic rings. The highest BCUT2D eigenvalue weighted by atomic mass is 15.0. The molecule has 1 heterocycles. The van der Waals surface area contributed by atoms with Crippen molar-refractivity contribution in [3.63, 3.8) is 0 Å². The van der Waals surface area contributed by atoms with E-state index < -0.39 is 0 Å². The summed E-state index contributed by atoms with van der Waals surface area (Å²) >= 11 is 0. The van der Waals surface area contributed by atoms with Crippen molar-refractivity contribution in [1.82, 2.24) is 4.57 Å². The lowest BCUT2D eigenvalue weighted by Gasteiger charge is -2.07. The Balaban J connectivity index is 2.10. The third-order valence-corrected chi connectivity index (χ3v) is 4.29. The van der Waals surface area contributed by atoms with E-state index >= 15 is 0 Å². The quantitative estimate of drug-likeness (QED) is 0.452. The zero-order chi connectivity index (χ0) is 14.9. The molecule has 0 N–H and O–H groups in total. The van der Waals surface area contributed by atoms with E-state index in [2.05, 4.69) is 84.3 Å². The number of benzene rings is 3. The van der Waals surface area contributed by atoms with Crippen LogP contribution < -0.4 is 0 Å². The lowest BCUT2D eigenvalue weighted by atomic mass is 10.1. The molecule has 1 nitrogen and oxygen atoms in total. The second-order valence-corrected chi connectivity index (χ2v) is 5.79. The standard InChI is InChI=1S/C21H19N/c1-2-8-16-13-14-21-19(15-16)18-11-6-7-12-20(18)22(21)17-9-4-3-5-10-17/h3-7,9-15H,2,8H2,1H3. The molecule has 0 unspecified atom stereocenters. The topological polar surface area (TPSA) is 4.93 Å². The van der Waals surface area contributed by atoms with Gasteiger partial charge < -0.3 is 4.57 Å². The molecule has 0 radical (unpaired) electrons. The summed E-state index contributed by atoms with van der Waals surface area (Å²) in [4.78, 5) is 0. The Labute approximate surface area is 130 Å². The van der Waals surface area contributed by atoms with Crippen LogP contribution in [0, 0.1) is 0 Å². The maximum atomic E-state index is 2.36. The van der Waals surface area contributed by atoms with Crippen molar-refractivity contribution in [3.05, 3.63) is 78.4 Å². The van der Waals surface area contributed by atoms with Gasteiger partial charge in [0.1, 0.15) is 0 Å². The smallest absolute Gasteiger partial charge is 0.0541 e. The highest BCUT2D eigenvalue weighted by Crippen LogP contribution is 2.32. The maximum Gasteiger partial charge on any atom is 0.0541 e. The molecule has 0 amide bonds. The highest BCUT2D eigenvalue weighted by Gasteiger charge is 2.11. The SMILES string of the molecule is CCCc1ccc2c(c1)c1ccccc1n2-c1ccccc1. The van der Waals surface area contributed by atoms with Crippen molar-refractivity contribution in [1.29, 1.82) is 0 Å². The molecule has 0 spiro atoms. The number of aryl methyl sites for hydroxylation is 1. The van der Waals surface area contributed by atoms with Crippen molar-refractivity contribution < 1.29 is 0 Å². The second-order valence-electron chi connectivity index (χ2n) is 5.79. The van der Waals surface area contributed by atoms with E-state index in [1.165, 1.54) is 39.5 Å². The van der Waals surface area contributed by atoms with Crippen molar-refractivity contribution in [2.45, 2.75) is 19.8 Å². The minimum Gasteiger partial charge on any atom is -0.309 e. The summed E-state index contributed by atoms with van der Waals surface area (Å²) in [5, 5.41) is 2.68. The highest BCUT2D eigenvalue weighted by molar-refractivity contribution is 6.09. The fourth-order valence-electron chi connectivity index (χ4n) is 3.32. The summed E-state index contributed by atoms with van der Waals surface area (Å²) in [5.74, 6) is 0.